The quantitative estimate of drug-likeness (QED) is 0.900. The summed E-state index contributed by atoms with van der Waals surface area (Å²) in [6.45, 7) is 3.22. The summed E-state index contributed by atoms with van der Waals surface area (Å²) in [6, 6.07) is 15.1. The lowest BCUT2D eigenvalue weighted by atomic mass is 10.1. The van der Waals surface area contributed by atoms with Gasteiger partial charge in [-0.05, 0) is 23.6 Å². The second kappa shape index (κ2) is 6.83. The normalized spacial score (nSPS) is 10.2. The number of benzene rings is 2. The van der Waals surface area contributed by atoms with E-state index in [0.717, 1.165) is 6.42 Å². The van der Waals surface area contributed by atoms with E-state index >= 15 is 0 Å². The molecule has 0 saturated heterocycles. The fourth-order valence-corrected chi connectivity index (χ4v) is 2.04. The van der Waals surface area contributed by atoms with Gasteiger partial charge in [-0.2, -0.15) is 5.26 Å². The van der Waals surface area contributed by atoms with Crippen LogP contribution in [0.1, 0.15) is 29.2 Å². The Kier molecular flexibility index (Phi) is 4.86. The van der Waals surface area contributed by atoms with Gasteiger partial charge >= 0.3 is 0 Å². The van der Waals surface area contributed by atoms with Crippen molar-refractivity contribution in [3.63, 3.8) is 0 Å². The number of hydrogen-bond acceptors (Lipinski definition) is 2. The van der Waals surface area contributed by atoms with Gasteiger partial charge in [-0.15, -0.1) is 0 Å². The molecule has 0 fully saturated rings. The van der Waals surface area contributed by atoms with Crippen LogP contribution in [0.2, 0.25) is 0 Å². The molecule has 0 saturated carbocycles. The van der Waals surface area contributed by atoms with Crippen molar-refractivity contribution in [2.45, 2.75) is 26.4 Å². The SMILES string of the molecule is CCc1ccc(CNCc2cccc(C#N)c2F)cc1. The molecular formula is C17H17FN2. The smallest absolute Gasteiger partial charge is 0.145 e. The van der Waals surface area contributed by atoms with Gasteiger partial charge in [-0.3, -0.25) is 0 Å². The molecule has 2 rings (SSSR count). The minimum Gasteiger partial charge on any atom is -0.309 e. The minimum atomic E-state index is -0.427. The highest BCUT2D eigenvalue weighted by atomic mass is 19.1. The lowest BCUT2D eigenvalue weighted by Crippen LogP contribution is -2.14. The Hall–Kier alpha value is -2.18. The fraction of sp³-hybridized carbons (Fsp3) is 0.235. The number of nitriles is 1. The lowest BCUT2D eigenvalue weighted by molar-refractivity contribution is 0.585. The minimum absolute atomic E-state index is 0.0941. The van der Waals surface area contributed by atoms with Crippen LogP contribution in [0.5, 0.6) is 0 Å². The van der Waals surface area contributed by atoms with Gasteiger partial charge in [0, 0.05) is 18.7 Å². The third kappa shape index (κ3) is 3.43. The Morgan fingerprint density at radius 3 is 2.40 bits per heavy atom. The molecule has 0 atom stereocenters. The first-order valence-corrected chi connectivity index (χ1v) is 6.70. The molecule has 0 amide bonds. The Balaban J connectivity index is 1.94. The molecule has 102 valence electrons. The number of nitrogens with one attached hydrogen (secondary N) is 1. The van der Waals surface area contributed by atoms with Crippen LogP contribution in [0, 0.1) is 17.1 Å². The molecule has 0 heterocycles. The standard InChI is InChI=1S/C17H17FN2/c1-2-13-6-8-14(9-7-13)11-20-12-16-5-3-4-15(10-19)17(16)18/h3-9,20H,2,11-12H2,1H3. The number of halogens is 1. The van der Waals surface area contributed by atoms with Crippen molar-refractivity contribution in [1.29, 1.82) is 5.26 Å². The van der Waals surface area contributed by atoms with Crippen molar-refractivity contribution in [3.05, 3.63) is 70.5 Å². The molecule has 0 spiro atoms. The Labute approximate surface area is 118 Å². The van der Waals surface area contributed by atoms with Gasteiger partial charge in [0.15, 0.2) is 0 Å². The second-order valence-corrected chi connectivity index (χ2v) is 4.66. The van der Waals surface area contributed by atoms with Gasteiger partial charge in [-0.25, -0.2) is 4.39 Å². The third-order valence-corrected chi connectivity index (χ3v) is 3.27. The van der Waals surface area contributed by atoms with Crippen LogP contribution >= 0.6 is 0 Å². The van der Waals surface area contributed by atoms with Crippen LogP contribution in [0.25, 0.3) is 0 Å². The van der Waals surface area contributed by atoms with Crippen LogP contribution in [0.15, 0.2) is 42.5 Å². The van der Waals surface area contributed by atoms with Crippen molar-refractivity contribution in [1.82, 2.24) is 5.32 Å². The monoisotopic (exact) mass is 268 g/mol. The highest BCUT2D eigenvalue weighted by Gasteiger charge is 2.06. The van der Waals surface area contributed by atoms with E-state index in [1.54, 1.807) is 12.1 Å². The van der Waals surface area contributed by atoms with Crippen LogP contribution in [0.3, 0.4) is 0 Å². The van der Waals surface area contributed by atoms with Gasteiger partial charge < -0.3 is 5.32 Å². The van der Waals surface area contributed by atoms with E-state index in [1.807, 2.05) is 6.07 Å². The summed E-state index contributed by atoms with van der Waals surface area (Å²) >= 11 is 0. The van der Waals surface area contributed by atoms with Gasteiger partial charge in [0.05, 0.1) is 5.56 Å². The maximum absolute atomic E-state index is 13.8. The number of nitrogens with zero attached hydrogens (tertiary/aromatic N) is 1. The Morgan fingerprint density at radius 2 is 1.75 bits per heavy atom. The second-order valence-electron chi connectivity index (χ2n) is 4.66. The first-order chi connectivity index (χ1) is 9.74. The number of rotatable bonds is 5. The van der Waals surface area contributed by atoms with Gasteiger partial charge in [0.1, 0.15) is 11.9 Å². The van der Waals surface area contributed by atoms with E-state index in [0.29, 0.717) is 18.7 Å². The Morgan fingerprint density at radius 1 is 1.05 bits per heavy atom. The predicted molar refractivity (Wildman–Crippen MR) is 77.5 cm³/mol. The lowest BCUT2D eigenvalue weighted by Gasteiger charge is -2.07. The van der Waals surface area contributed by atoms with Gasteiger partial charge in [-0.1, -0.05) is 43.3 Å². The maximum atomic E-state index is 13.8. The molecule has 2 nitrogen and oxygen atoms in total. The van der Waals surface area contributed by atoms with Crippen LogP contribution < -0.4 is 5.32 Å². The predicted octanol–water partition coefficient (Wildman–Crippen LogP) is 3.55. The molecule has 1 N–H and O–H groups in total. The molecule has 0 aliphatic rings. The number of hydrogen-bond donors (Lipinski definition) is 1. The van der Waals surface area contributed by atoms with E-state index in [4.69, 9.17) is 5.26 Å². The first-order valence-electron chi connectivity index (χ1n) is 6.70. The van der Waals surface area contributed by atoms with E-state index in [-0.39, 0.29) is 5.56 Å². The van der Waals surface area contributed by atoms with Crippen LogP contribution in [0.4, 0.5) is 4.39 Å². The average Bonchev–Trinajstić information content (AvgIpc) is 2.49. The zero-order chi connectivity index (χ0) is 14.4. The molecule has 2 aromatic carbocycles. The fourth-order valence-electron chi connectivity index (χ4n) is 2.04. The van der Waals surface area contributed by atoms with Crippen molar-refractivity contribution in [2.24, 2.45) is 0 Å². The summed E-state index contributed by atoms with van der Waals surface area (Å²) in [5.41, 5.74) is 3.09. The van der Waals surface area contributed by atoms with E-state index in [1.165, 1.54) is 17.2 Å². The van der Waals surface area contributed by atoms with Crippen molar-refractivity contribution < 1.29 is 4.39 Å². The zero-order valence-electron chi connectivity index (χ0n) is 11.5. The van der Waals surface area contributed by atoms with Crippen molar-refractivity contribution in [2.75, 3.05) is 0 Å². The largest absolute Gasteiger partial charge is 0.309 e. The van der Waals surface area contributed by atoms with Gasteiger partial charge in [0.2, 0.25) is 0 Å². The summed E-state index contributed by atoms with van der Waals surface area (Å²) in [4.78, 5) is 0. The molecule has 3 heteroatoms. The summed E-state index contributed by atoms with van der Waals surface area (Å²) in [7, 11) is 0. The van der Waals surface area contributed by atoms with E-state index < -0.39 is 5.82 Å². The van der Waals surface area contributed by atoms with Crippen LogP contribution in [-0.2, 0) is 19.5 Å². The van der Waals surface area contributed by atoms with E-state index in [2.05, 4.69) is 36.5 Å². The van der Waals surface area contributed by atoms with E-state index in [9.17, 15) is 4.39 Å². The molecule has 20 heavy (non-hydrogen) atoms. The molecular weight excluding hydrogens is 251 g/mol. The maximum Gasteiger partial charge on any atom is 0.145 e. The van der Waals surface area contributed by atoms with Crippen molar-refractivity contribution in [3.8, 4) is 6.07 Å². The Bertz CT molecular complexity index is 612. The summed E-state index contributed by atoms with van der Waals surface area (Å²) in [5.74, 6) is -0.427. The highest BCUT2D eigenvalue weighted by molar-refractivity contribution is 5.35. The molecule has 0 bridgehead atoms. The average molecular weight is 268 g/mol. The zero-order valence-corrected chi connectivity index (χ0v) is 11.5. The summed E-state index contributed by atoms with van der Waals surface area (Å²) in [6.07, 6.45) is 1.03. The summed E-state index contributed by atoms with van der Waals surface area (Å²) < 4.78 is 13.8. The van der Waals surface area contributed by atoms with Crippen molar-refractivity contribution >= 4 is 0 Å². The molecule has 2 aromatic rings. The van der Waals surface area contributed by atoms with Crippen LogP contribution in [-0.4, -0.2) is 0 Å². The summed E-state index contributed by atoms with van der Waals surface area (Å²) in [5, 5.41) is 12.0. The third-order valence-electron chi connectivity index (χ3n) is 3.27. The molecule has 0 radical (unpaired) electrons. The molecule has 0 aliphatic heterocycles. The molecule has 0 aromatic heterocycles. The number of aryl methyl sites for hydroxylation is 1. The topological polar surface area (TPSA) is 35.8 Å². The van der Waals surface area contributed by atoms with Gasteiger partial charge in [0.25, 0.3) is 0 Å². The highest BCUT2D eigenvalue weighted by Crippen LogP contribution is 2.12. The molecule has 0 unspecified atom stereocenters. The first kappa shape index (κ1) is 14.2. The molecule has 0 aliphatic carbocycles.